The summed E-state index contributed by atoms with van der Waals surface area (Å²) in [4.78, 5) is 0. The average Bonchev–Trinajstić information content (AvgIpc) is 2.04. The van der Waals surface area contributed by atoms with Crippen molar-refractivity contribution in [3.63, 3.8) is 0 Å². The Morgan fingerprint density at radius 1 is 1.00 bits per heavy atom. The fourth-order valence-corrected chi connectivity index (χ4v) is 1.81. The second-order valence-corrected chi connectivity index (χ2v) is 3.71. The maximum atomic E-state index is 3.47. The summed E-state index contributed by atoms with van der Waals surface area (Å²) in [7, 11) is 0. The predicted octanol–water partition coefficient (Wildman–Crippen LogP) is 3.10. The van der Waals surface area contributed by atoms with Crippen molar-refractivity contribution in [1.29, 1.82) is 0 Å². The van der Waals surface area contributed by atoms with E-state index in [1.165, 1.54) is 15.6 Å². The molecule has 0 nitrogen and oxygen atoms in total. The van der Waals surface area contributed by atoms with Gasteiger partial charge in [0, 0.05) is 4.47 Å². The molecule has 0 saturated carbocycles. The fraction of sp³-hybridized carbons (Fsp3) is 0.200. The second-order valence-electron chi connectivity index (χ2n) is 2.79. The standard InChI is InChI=1S/C10H9Br/c11-10-6-5-8-3-1-2-4-9(8)7-10/h1-2,5-7H,3-4H2. The van der Waals surface area contributed by atoms with Gasteiger partial charge < -0.3 is 0 Å². The van der Waals surface area contributed by atoms with E-state index in [0.29, 0.717) is 0 Å². The summed E-state index contributed by atoms with van der Waals surface area (Å²) in [5.41, 5.74) is 2.93. The van der Waals surface area contributed by atoms with Gasteiger partial charge in [-0.15, -0.1) is 0 Å². The van der Waals surface area contributed by atoms with Crippen LogP contribution in [0.1, 0.15) is 11.1 Å². The van der Waals surface area contributed by atoms with Gasteiger partial charge in [0.25, 0.3) is 0 Å². The third kappa shape index (κ3) is 1.38. The Hall–Kier alpha value is -0.560. The minimum atomic E-state index is 1.09. The van der Waals surface area contributed by atoms with Crippen molar-refractivity contribution in [1.82, 2.24) is 0 Å². The van der Waals surface area contributed by atoms with E-state index in [2.05, 4.69) is 46.3 Å². The van der Waals surface area contributed by atoms with Crippen LogP contribution in [0.4, 0.5) is 0 Å². The highest BCUT2D eigenvalue weighted by Gasteiger charge is 2.03. The highest BCUT2D eigenvalue weighted by molar-refractivity contribution is 9.10. The van der Waals surface area contributed by atoms with Gasteiger partial charge in [-0.05, 0) is 36.1 Å². The third-order valence-electron chi connectivity index (χ3n) is 2.01. The molecule has 0 aliphatic heterocycles. The zero-order valence-corrected chi connectivity index (χ0v) is 7.76. The molecule has 0 spiro atoms. The SMILES string of the molecule is Brc1ccc2c(c1)CC=CC2. The molecule has 0 unspecified atom stereocenters. The fourth-order valence-electron chi connectivity index (χ4n) is 1.40. The zero-order valence-electron chi connectivity index (χ0n) is 6.18. The van der Waals surface area contributed by atoms with E-state index in [1.54, 1.807) is 0 Å². The van der Waals surface area contributed by atoms with Gasteiger partial charge in [0.05, 0.1) is 0 Å². The van der Waals surface area contributed by atoms with Crippen LogP contribution in [0.15, 0.2) is 34.8 Å². The molecular weight excluding hydrogens is 200 g/mol. The van der Waals surface area contributed by atoms with Crippen LogP contribution in [-0.4, -0.2) is 0 Å². The van der Waals surface area contributed by atoms with Crippen LogP contribution >= 0.6 is 15.9 Å². The average molecular weight is 209 g/mol. The van der Waals surface area contributed by atoms with E-state index in [-0.39, 0.29) is 0 Å². The molecule has 11 heavy (non-hydrogen) atoms. The maximum Gasteiger partial charge on any atom is 0.0178 e. The normalized spacial score (nSPS) is 14.6. The van der Waals surface area contributed by atoms with Crippen LogP contribution in [0.2, 0.25) is 0 Å². The molecule has 0 atom stereocenters. The Balaban J connectivity index is 2.48. The number of hydrogen-bond acceptors (Lipinski definition) is 0. The molecule has 0 bridgehead atoms. The smallest absolute Gasteiger partial charge is 0.0178 e. The summed E-state index contributed by atoms with van der Waals surface area (Å²) in [5.74, 6) is 0. The van der Waals surface area contributed by atoms with E-state index in [9.17, 15) is 0 Å². The van der Waals surface area contributed by atoms with Crippen LogP contribution < -0.4 is 0 Å². The first-order valence-corrected chi connectivity index (χ1v) is 4.58. The first kappa shape index (κ1) is 7.11. The molecule has 0 fully saturated rings. The van der Waals surface area contributed by atoms with Crippen molar-refractivity contribution in [2.24, 2.45) is 0 Å². The number of halogens is 1. The lowest BCUT2D eigenvalue weighted by atomic mass is 9.97. The first-order chi connectivity index (χ1) is 5.36. The van der Waals surface area contributed by atoms with Crippen LogP contribution in [0.25, 0.3) is 0 Å². The van der Waals surface area contributed by atoms with Gasteiger partial charge in [-0.3, -0.25) is 0 Å². The number of allylic oxidation sites excluding steroid dienone is 2. The first-order valence-electron chi connectivity index (χ1n) is 3.78. The van der Waals surface area contributed by atoms with Crippen LogP contribution in [0.5, 0.6) is 0 Å². The Labute approximate surface area is 75.1 Å². The van der Waals surface area contributed by atoms with Gasteiger partial charge >= 0.3 is 0 Å². The number of benzene rings is 1. The quantitative estimate of drug-likeness (QED) is 0.576. The molecule has 0 aromatic heterocycles. The van der Waals surface area contributed by atoms with Gasteiger partial charge in [0.2, 0.25) is 0 Å². The van der Waals surface area contributed by atoms with Crippen molar-refractivity contribution in [3.8, 4) is 0 Å². The Kier molecular flexibility index (Phi) is 1.82. The summed E-state index contributed by atoms with van der Waals surface area (Å²) >= 11 is 3.47. The van der Waals surface area contributed by atoms with Gasteiger partial charge in [-0.2, -0.15) is 0 Å². The van der Waals surface area contributed by atoms with Gasteiger partial charge in [-0.1, -0.05) is 34.1 Å². The lowest BCUT2D eigenvalue weighted by Gasteiger charge is -2.10. The Bertz CT molecular complexity index is 300. The lowest BCUT2D eigenvalue weighted by molar-refractivity contribution is 1.09. The second kappa shape index (κ2) is 2.82. The van der Waals surface area contributed by atoms with Crippen LogP contribution in [-0.2, 0) is 12.8 Å². The molecule has 1 aromatic carbocycles. The van der Waals surface area contributed by atoms with E-state index < -0.39 is 0 Å². The van der Waals surface area contributed by atoms with E-state index in [0.717, 1.165) is 12.8 Å². The summed E-state index contributed by atoms with van der Waals surface area (Å²) in [6.45, 7) is 0. The molecule has 2 rings (SSSR count). The van der Waals surface area contributed by atoms with E-state index >= 15 is 0 Å². The minimum absolute atomic E-state index is 1.09. The minimum Gasteiger partial charge on any atom is -0.0838 e. The lowest BCUT2D eigenvalue weighted by Crippen LogP contribution is -1.96. The number of hydrogen-bond donors (Lipinski definition) is 0. The monoisotopic (exact) mass is 208 g/mol. The van der Waals surface area contributed by atoms with E-state index in [4.69, 9.17) is 0 Å². The molecule has 0 N–H and O–H groups in total. The third-order valence-corrected chi connectivity index (χ3v) is 2.50. The van der Waals surface area contributed by atoms with Gasteiger partial charge in [-0.25, -0.2) is 0 Å². The maximum absolute atomic E-state index is 3.47. The van der Waals surface area contributed by atoms with Crippen molar-refractivity contribution < 1.29 is 0 Å². The van der Waals surface area contributed by atoms with Crippen molar-refractivity contribution >= 4 is 15.9 Å². The predicted molar refractivity (Wildman–Crippen MR) is 50.7 cm³/mol. The highest BCUT2D eigenvalue weighted by atomic mass is 79.9. The van der Waals surface area contributed by atoms with Crippen LogP contribution in [0.3, 0.4) is 0 Å². The highest BCUT2D eigenvalue weighted by Crippen LogP contribution is 2.20. The van der Waals surface area contributed by atoms with Gasteiger partial charge in [0.15, 0.2) is 0 Å². The molecule has 56 valence electrons. The van der Waals surface area contributed by atoms with Gasteiger partial charge in [0.1, 0.15) is 0 Å². The molecule has 1 aliphatic carbocycles. The molecule has 0 heterocycles. The molecule has 1 aromatic rings. The Morgan fingerprint density at radius 3 is 2.55 bits per heavy atom. The zero-order chi connectivity index (χ0) is 7.68. The number of rotatable bonds is 0. The molecule has 0 saturated heterocycles. The van der Waals surface area contributed by atoms with Crippen molar-refractivity contribution in [2.45, 2.75) is 12.8 Å². The summed E-state index contributed by atoms with van der Waals surface area (Å²) < 4.78 is 1.19. The summed E-state index contributed by atoms with van der Waals surface area (Å²) in [6.07, 6.45) is 6.66. The van der Waals surface area contributed by atoms with E-state index in [1.807, 2.05) is 0 Å². The Morgan fingerprint density at radius 2 is 1.73 bits per heavy atom. The van der Waals surface area contributed by atoms with Crippen molar-refractivity contribution in [2.75, 3.05) is 0 Å². The van der Waals surface area contributed by atoms with Crippen LogP contribution in [0, 0.1) is 0 Å². The molecule has 0 radical (unpaired) electrons. The summed E-state index contributed by atoms with van der Waals surface area (Å²) in [6, 6.07) is 6.51. The molecule has 1 heteroatoms. The number of fused-ring (bicyclic) bond motifs is 1. The molecule has 0 amide bonds. The largest absolute Gasteiger partial charge is 0.0838 e. The summed E-state index contributed by atoms with van der Waals surface area (Å²) in [5, 5.41) is 0. The van der Waals surface area contributed by atoms with Crippen molar-refractivity contribution in [3.05, 3.63) is 46.0 Å². The molecule has 1 aliphatic rings. The topological polar surface area (TPSA) is 0 Å². The molecular formula is C10H9Br.